The fourth-order valence-electron chi connectivity index (χ4n) is 3.68. The molecule has 7 nitrogen and oxygen atoms in total. The van der Waals surface area contributed by atoms with Crippen molar-refractivity contribution < 1.29 is 27.6 Å². The van der Waals surface area contributed by atoms with Crippen molar-refractivity contribution in [1.29, 1.82) is 0 Å². The van der Waals surface area contributed by atoms with Crippen LogP contribution in [-0.4, -0.2) is 34.2 Å². The summed E-state index contributed by atoms with van der Waals surface area (Å²) < 4.78 is 44.2. The molecule has 0 radical (unpaired) electrons. The van der Waals surface area contributed by atoms with E-state index in [1.54, 1.807) is 25.3 Å². The van der Waals surface area contributed by atoms with Crippen molar-refractivity contribution in [2.45, 2.75) is 45.4 Å². The van der Waals surface area contributed by atoms with E-state index in [1.165, 1.54) is 4.90 Å². The number of carbonyl (C=O) groups is 1. The summed E-state index contributed by atoms with van der Waals surface area (Å²) in [5.41, 5.74) is 0.746. The number of hydrogen-bond acceptors (Lipinski definition) is 6. The van der Waals surface area contributed by atoms with E-state index >= 15 is 0 Å². The van der Waals surface area contributed by atoms with Gasteiger partial charge in [0.2, 0.25) is 17.6 Å². The predicted octanol–water partition coefficient (Wildman–Crippen LogP) is 4.67. The molecule has 0 N–H and O–H groups in total. The Kier molecular flexibility index (Phi) is 6.07. The minimum atomic E-state index is -0.577. The molecule has 0 saturated carbocycles. The molecule has 168 valence electrons. The van der Waals surface area contributed by atoms with Crippen molar-refractivity contribution in [2.75, 3.05) is 7.11 Å². The van der Waals surface area contributed by atoms with E-state index in [9.17, 15) is 13.6 Å². The van der Waals surface area contributed by atoms with Crippen molar-refractivity contribution in [3.63, 3.8) is 0 Å². The SMILES string of the molecule is COc1cc(-c2noc(C3CCC(=O)N3Cc3cc(F)ccc3F)n2)ccc1OC(C)C. The Morgan fingerprint density at radius 1 is 1.19 bits per heavy atom. The molecular formula is C23H23F2N3O4. The molecule has 1 aromatic heterocycles. The molecule has 1 aliphatic heterocycles. The molecule has 1 atom stereocenters. The van der Waals surface area contributed by atoms with Gasteiger partial charge in [-0.15, -0.1) is 0 Å². The molecule has 2 heterocycles. The molecule has 0 bridgehead atoms. The van der Waals surface area contributed by atoms with Crippen LogP contribution >= 0.6 is 0 Å². The van der Waals surface area contributed by atoms with Crippen LogP contribution in [0.25, 0.3) is 11.4 Å². The number of hydrogen-bond donors (Lipinski definition) is 0. The quantitative estimate of drug-likeness (QED) is 0.528. The second kappa shape index (κ2) is 8.94. The first kappa shape index (κ1) is 21.7. The topological polar surface area (TPSA) is 77.7 Å². The molecule has 2 aromatic carbocycles. The van der Waals surface area contributed by atoms with E-state index in [1.807, 2.05) is 13.8 Å². The average Bonchev–Trinajstić information content (AvgIpc) is 3.38. The normalized spacial score (nSPS) is 16.1. The van der Waals surface area contributed by atoms with Crippen molar-refractivity contribution in [2.24, 2.45) is 0 Å². The Bertz CT molecular complexity index is 1130. The molecule has 9 heteroatoms. The predicted molar refractivity (Wildman–Crippen MR) is 111 cm³/mol. The zero-order valence-electron chi connectivity index (χ0n) is 18.0. The van der Waals surface area contributed by atoms with Crippen LogP contribution in [-0.2, 0) is 11.3 Å². The Hall–Kier alpha value is -3.49. The van der Waals surface area contributed by atoms with Gasteiger partial charge >= 0.3 is 0 Å². The first-order chi connectivity index (χ1) is 15.4. The van der Waals surface area contributed by atoms with E-state index in [0.717, 1.165) is 18.2 Å². The average molecular weight is 443 g/mol. The van der Waals surface area contributed by atoms with E-state index < -0.39 is 17.7 Å². The van der Waals surface area contributed by atoms with E-state index in [4.69, 9.17) is 14.0 Å². The molecular weight excluding hydrogens is 420 g/mol. The molecule has 32 heavy (non-hydrogen) atoms. The Morgan fingerprint density at radius 3 is 2.75 bits per heavy atom. The number of rotatable bonds is 7. The minimum absolute atomic E-state index is 0.0136. The molecule has 1 unspecified atom stereocenters. The van der Waals surface area contributed by atoms with Gasteiger partial charge in [0.15, 0.2) is 11.5 Å². The van der Waals surface area contributed by atoms with Crippen LogP contribution in [0.5, 0.6) is 11.5 Å². The summed E-state index contributed by atoms with van der Waals surface area (Å²) in [6.07, 6.45) is 0.691. The van der Waals surface area contributed by atoms with Crippen molar-refractivity contribution in [1.82, 2.24) is 15.0 Å². The van der Waals surface area contributed by atoms with Crippen LogP contribution in [0.3, 0.4) is 0 Å². The third kappa shape index (κ3) is 4.42. The smallest absolute Gasteiger partial charge is 0.249 e. The summed E-state index contributed by atoms with van der Waals surface area (Å²) in [4.78, 5) is 18.3. The van der Waals surface area contributed by atoms with Gasteiger partial charge in [-0.05, 0) is 56.7 Å². The zero-order valence-corrected chi connectivity index (χ0v) is 18.0. The largest absolute Gasteiger partial charge is 0.493 e. The highest BCUT2D eigenvalue weighted by molar-refractivity contribution is 5.79. The fourth-order valence-corrected chi connectivity index (χ4v) is 3.68. The van der Waals surface area contributed by atoms with Crippen LogP contribution in [0, 0.1) is 11.6 Å². The summed E-state index contributed by atoms with van der Waals surface area (Å²) in [5.74, 6) is 0.363. The number of methoxy groups -OCH3 is 1. The number of benzene rings is 2. The lowest BCUT2D eigenvalue weighted by molar-refractivity contribution is -0.130. The van der Waals surface area contributed by atoms with Crippen LogP contribution in [0.2, 0.25) is 0 Å². The van der Waals surface area contributed by atoms with Crippen LogP contribution in [0.1, 0.15) is 44.2 Å². The summed E-state index contributed by atoms with van der Waals surface area (Å²) in [7, 11) is 1.54. The van der Waals surface area contributed by atoms with Crippen LogP contribution in [0.4, 0.5) is 8.78 Å². The number of aromatic nitrogens is 2. The van der Waals surface area contributed by atoms with E-state index in [0.29, 0.717) is 29.3 Å². The summed E-state index contributed by atoms with van der Waals surface area (Å²) >= 11 is 0. The second-order valence-electron chi connectivity index (χ2n) is 7.80. The summed E-state index contributed by atoms with van der Waals surface area (Å²) in [6.45, 7) is 3.76. The Balaban J connectivity index is 1.58. The number of likely N-dealkylation sites (tertiary alicyclic amines) is 1. The van der Waals surface area contributed by atoms with Crippen LogP contribution < -0.4 is 9.47 Å². The van der Waals surface area contributed by atoms with Gasteiger partial charge in [0, 0.05) is 24.1 Å². The molecule has 0 aliphatic carbocycles. The summed E-state index contributed by atoms with van der Waals surface area (Å²) in [6, 6.07) is 7.95. The van der Waals surface area contributed by atoms with E-state index in [-0.39, 0.29) is 36.4 Å². The first-order valence-electron chi connectivity index (χ1n) is 10.3. The third-order valence-electron chi connectivity index (χ3n) is 5.19. The number of nitrogens with zero attached hydrogens (tertiary/aromatic N) is 3. The van der Waals surface area contributed by atoms with Gasteiger partial charge in [-0.1, -0.05) is 5.16 Å². The van der Waals surface area contributed by atoms with Crippen molar-refractivity contribution in [3.8, 4) is 22.9 Å². The molecule has 4 rings (SSSR count). The molecule has 0 spiro atoms. The monoisotopic (exact) mass is 443 g/mol. The highest BCUT2D eigenvalue weighted by Crippen LogP contribution is 2.36. The lowest BCUT2D eigenvalue weighted by atomic mass is 10.1. The van der Waals surface area contributed by atoms with Gasteiger partial charge in [-0.25, -0.2) is 8.78 Å². The first-order valence-corrected chi connectivity index (χ1v) is 10.3. The molecule has 1 amide bonds. The zero-order chi connectivity index (χ0) is 22.8. The number of halogens is 2. The minimum Gasteiger partial charge on any atom is -0.493 e. The van der Waals surface area contributed by atoms with Crippen molar-refractivity contribution >= 4 is 5.91 Å². The second-order valence-corrected chi connectivity index (χ2v) is 7.80. The van der Waals surface area contributed by atoms with Gasteiger partial charge in [0.05, 0.1) is 13.2 Å². The van der Waals surface area contributed by atoms with Crippen molar-refractivity contribution in [3.05, 3.63) is 59.5 Å². The van der Waals surface area contributed by atoms with Gasteiger partial charge in [-0.3, -0.25) is 4.79 Å². The number of ether oxygens (including phenoxy) is 2. The standard InChI is InChI=1S/C23H23F2N3O4/c1-13(2)31-19-8-4-14(11-20(19)30-3)22-26-23(32-27-22)18-7-9-21(29)28(18)12-15-10-16(24)5-6-17(15)25/h4-6,8,10-11,13,18H,7,9,12H2,1-3H3. The molecule has 1 aliphatic rings. The third-order valence-corrected chi connectivity index (χ3v) is 5.19. The van der Waals surface area contributed by atoms with Gasteiger partial charge in [0.25, 0.3) is 0 Å². The summed E-state index contributed by atoms with van der Waals surface area (Å²) in [5, 5.41) is 4.04. The van der Waals surface area contributed by atoms with Gasteiger partial charge < -0.3 is 18.9 Å². The Morgan fingerprint density at radius 2 is 2.00 bits per heavy atom. The van der Waals surface area contributed by atoms with E-state index in [2.05, 4.69) is 10.1 Å². The van der Waals surface area contributed by atoms with Gasteiger partial charge in [0.1, 0.15) is 17.7 Å². The fraction of sp³-hybridized carbons (Fsp3) is 0.348. The number of amides is 1. The Labute approximate surface area is 183 Å². The van der Waals surface area contributed by atoms with Gasteiger partial charge in [-0.2, -0.15) is 4.98 Å². The lowest BCUT2D eigenvalue weighted by Crippen LogP contribution is -2.27. The molecule has 1 fully saturated rings. The maximum absolute atomic E-state index is 14.1. The van der Waals surface area contributed by atoms with Crippen LogP contribution in [0.15, 0.2) is 40.9 Å². The lowest BCUT2D eigenvalue weighted by Gasteiger charge is -2.22. The maximum atomic E-state index is 14.1. The number of carbonyl (C=O) groups excluding carboxylic acids is 1. The highest BCUT2D eigenvalue weighted by atomic mass is 19.1. The molecule has 3 aromatic rings. The highest BCUT2D eigenvalue weighted by Gasteiger charge is 2.36. The maximum Gasteiger partial charge on any atom is 0.249 e. The molecule has 1 saturated heterocycles.